The van der Waals surface area contributed by atoms with E-state index >= 15 is 0 Å². The van der Waals surface area contributed by atoms with Crippen LogP contribution in [-0.4, -0.2) is 0 Å². The summed E-state index contributed by atoms with van der Waals surface area (Å²) >= 11 is 1.91. The second kappa shape index (κ2) is 5.19. The van der Waals surface area contributed by atoms with Crippen molar-refractivity contribution < 1.29 is 0 Å². The predicted molar refractivity (Wildman–Crippen MR) is 107 cm³/mol. The normalized spacial score (nSPS) is 11.5. The summed E-state index contributed by atoms with van der Waals surface area (Å²) < 4.78 is 2.75. The Bertz CT molecular complexity index is 1200. The predicted octanol–water partition coefficient (Wildman–Crippen LogP) is 7.18. The maximum Gasteiger partial charge on any atom is 0.0440 e. The van der Waals surface area contributed by atoms with Crippen LogP contribution in [0.4, 0.5) is 0 Å². The van der Waals surface area contributed by atoms with Crippen LogP contribution in [0.15, 0.2) is 78.9 Å². The summed E-state index contributed by atoms with van der Waals surface area (Å²) in [5.41, 5.74) is 3.94. The second-order valence-electron chi connectivity index (χ2n) is 6.32. The minimum absolute atomic E-state index is 1.29. The fourth-order valence-electron chi connectivity index (χ4n) is 3.57. The molecule has 0 aliphatic carbocycles. The molecule has 114 valence electrons. The molecule has 0 radical (unpaired) electrons. The van der Waals surface area contributed by atoms with Crippen LogP contribution in [0.5, 0.6) is 0 Å². The maximum atomic E-state index is 2.34. The van der Waals surface area contributed by atoms with Crippen LogP contribution < -0.4 is 0 Å². The van der Waals surface area contributed by atoms with Gasteiger partial charge in [0.05, 0.1) is 0 Å². The van der Waals surface area contributed by atoms with Gasteiger partial charge in [-0.15, -0.1) is 11.3 Å². The first-order valence-electron chi connectivity index (χ1n) is 8.21. The third-order valence-corrected chi connectivity index (χ3v) is 5.91. The molecule has 1 aromatic heterocycles. The fraction of sp³-hybridized carbons (Fsp3) is 0.0435. The van der Waals surface area contributed by atoms with Crippen molar-refractivity contribution in [2.75, 3.05) is 0 Å². The summed E-state index contributed by atoms with van der Waals surface area (Å²) in [7, 11) is 0. The summed E-state index contributed by atoms with van der Waals surface area (Å²) in [5.74, 6) is 0. The Balaban J connectivity index is 2.05. The SMILES string of the molecule is Cc1ccc2sc3c(-c4ccccc4)cc4ccccc4c3c2c1. The van der Waals surface area contributed by atoms with Crippen molar-refractivity contribution in [2.24, 2.45) is 0 Å². The van der Waals surface area contributed by atoms with Gasteiger partial charge >= 0.3 is 0 Å². The van der Waals surface area contributed by atoms with E-state index in [2.05, 4.69) is 85.8 Å². The molecule has 0 saturated heterocycles. The lowest BCUT2D eigenvalue weighted by molar-refractivity contribution is 1.52. The summed E-state index contributed by atoms with van der Waals surface area (Å²) in [6, 6.07) is 28.6. The summed E-state index contributed by atoms with van der Waals surface area (Å²) in [4.78, 5) is 0. The Morgan fingerprint density at radius 3 is 2.38 bits per heavy atom. The molecule has 5 rings (SSSR count). The Hall–Kier alpha value is -2.64. The maximum absolute atomic E-state index is 2.34. The van der Waals surface area contributed by atoms with Gasteiger partial charge in [-0.3, -0.25) is 0 Å². The topological polar surface area (TPSA) is 0 Å². The lowest BCUT2D eigenvalue weighted by Crippen LogP contribution is -1.81. The molecule has 0 aliphatic rings. The molecule has 0 aliphatic heterocycles. The van der Waals surface area contributed by atoms with Gasteiger partial charge in [0.2, 0.25) is 0 Å². The average Bonchev–Trinajstić information content (AvgIpc) is 3.01. The highest BCUT2D eigenvalue weighted by Gasteiger charge is 2.14. The van der Waals surface area contributed by atoms with E-state index in [-0.39, 0.29) is 0 Å². The minimum Gasteiger partial charge on any atom is -0.135 e. The quantitative estimate of drug-likeness (QED) is 0.306. The number of thiophene rings is 1. The largest absolute Gasteiger partial charge is 0.135 e. The molecule has 0 unspecified atom stereocenters. The average molecular weight is 324 g/mol. The lowest BCUT2D eigenvalue weighted by Gasteiger charge is -2.08. The van der Waals surface area contributed by atoms with Crippen LogP contribution >= 0.6 is 11.3 Å². The highest BCUT2D eigenvalue weighted by molar-refractivity contribution is 7.26. The highest BCUT2D eigenvalue weighted by Crippen LogP contribution is 2.44. The van der Waals surface area contributed by atoms with Crippen LogP contribution in [0.2, 0.25) is 0 Å². The first kappa shape index (κ1) is 13.8. The molecule has 0 amide bonds. The molecular formula is C23H16S. The Morgan fingerprint density at radius 1 is 0.708 bits per heavy atom. The molecule has 4 aromatic carbocycles. The van der Waals surface area contributed by atoms with E-state index in [0.29, 0.717) is 0 Å². The van der Waals surface area contributed by atoms with Crippen molar-refractivity contribution in [3.05, 3.63) is 84.4 Å². The Kier molecular flexibility index (Phi) is 2.97. The van der Waals surface area contributed by atoms with Gasteiger partial charge < -0.3 is 0 Å². The van der Waals surface area contributed by atoms with E-state index in [1.165, 1.54) is 47.6 Å². The monoisotopic (exact) mass is 324 g/mol. The zero-order valence-corrected chi connectivity index (χ0v) is 14.2. The standard InChI is InChI=1S/C23H16S/c1-15-11-12-21-20(13-15)22-18-10-6-5-9-17(18)14-19(23(22)24-21)16-7-3-2-4-8-16/h2-14H,1H3. The minimum atomic E-state index is 1.29. The van der Waals surface area contributed by atoms with Crippen molar-refractivity contribution in [3.8, 4) is 11.1 Å². The summed E-state index contributed by atoms with van der Waals surface area (Å²) in [6.45, 7) is 2.17. The molecule has 0 N–H and O–H groups in total. The van der Waals surface area contributed by atoms with Crippen LogP contribution in [-0.2, 0) is 0 Å². The summed E-state index contributed by atoms with van der Waals surface area (Å²) in [6.07, 6.45) is 0. The van der Waals surface area contributed by atoms with Crippen molar-refractivity contribution in [1.82, 2.24) is 0 Å². The number of benzene rings is 4. The number of rotatable bonds is 1. The van der Waals surface area contributed by atoms with Gasteiger partial charge in [-0.05, 0) is 41.5 Å². The number of aryl methyl sites for hydroxylation is 1. The second-order valence-corrected chi connectivity index (χ2v) is 7.37. The molecule has 0 nitrogen and oxygen atoms in total. The van der Waals surface area contributed by atoms with E-state index in [4.69, 9.17) is 0 Å². The molecule has 0 spiro atoms. The zero-order valence-electron chi connectivity index (χ0n) is 13.4. The highest BCUT2D eigenvalue weighted by atomic mass is 32.1. The van der Waals surface area contributed by atoms with Crippen molar-refractivity contribution >= 4 is 42.3 Å². The Morgan fingerprint density at radius 2 is 1.50 bits per heavy atom. The molecule has 0 saturated carbocycles. The molecule has 0 bridgehead atoms. The molecule has 0 atom stereocenters. The van der Waals surface area contributed by atoms with Gasteiger partial charge in [-0.1, -0.05) is 66.2 Å². The number of hydrogen-bond donors (Lipinski definition) is 0. The van der Waals surface area contributed by atoms with Gasteiger partial charge in [0, 0.05) is 25.7 Å². The van der Waals surface area contributed by atoms with Gasteiger partial charge in [-0.2, -0.15) is 0 Å². The smallest absolute Gasteiger partial charge is 0.0440 e. The zero-order chi connectivity index (χ0) is 16.1. The first-order chi connectivity index (χ1) is 11.8. The lowest BCUT2D eigenvalue weighted by atomic mass is 9.96. The van der Waals surface area contributed by atoms with Crippen molar-refractivity contribution in [2.45, 2.75) is 6.92 Å². The van der Waals surface area contributed by atoms with Crippen molar-refractivity contribution in [3.63, 3.8) is 0 Å². The molecule has 24 heavy (non-hydrogen) atoms. The van der Waals surface area contributed by atoms with E-state index in [9.17, 15) is 0 Å². The molecule has 5 aromatic rings. The first-order valence-corrected chi connectivity index (χ1v) is 9.03. The number of fused-ring (bicyclic) bond motifs is 5. The molecular weight excluding hydrogens is 308 g/mol. The van der Waals surface area contributed by atoms with Crippen LogP contribution in [0.3, 0.4) is 0 Å². The van der Waals surface area contributed by atoms with Crippen molar-refractivity contribution in [1.29, 1.82) is 0 Å². The fourth-order valence-corrected chi connectivity index (χ4v) is 4.81. The van der Waals surface area contributed by atoms with Crippen LogP contribution in [0.1, 0.15) is 5.56 Å². The molecule has 1 heteroatoms. The third-order valence-electron chi connectivity index (χ3n) is 4.70. The number of hydrogen-bond acceptors (Lipinski definition) is 1. The van der Waals surface area contributed by atoms with E-state index < -0.39 is 0 Å². The Labute approximate surface area is 145 Å². The van der Waals surface area contributed by atoms with E-state index in [0.717, 1.165) is 0 Å². The molecule has 0 fully saturated rings. The molecule has 1 heterocycles. The van der Waals surface area contributed by atoms with E-state index in [1.54, 1.807) is 0 Å². The van der Waals surface area contributed by atoms with Gasteiger partial charge in [0.25, 0.3) is 0 Å². The van der Waals surface area contributed by atoms with Gasteiger partial charge in [0.15, 0.2) is 0 Å². The summed E-state index contributed by atoms with van der Waals surface area (Å²) in [5, 5.41) is 5.44. The van der Waals surface area contributed by atoms with Crippen LogP contribution in [0, 0.1) is 6.92 Å². The third kappa shape index (κ3) is 1.98. The van der Waals surface area contributed by atoms with E-state index in [1.807, 2.05) is 11.3 Å². The van der Waals surface area contributed by atoms with Gasteiger partial charge in [0.1, 0.15) is 0 Å². The van der Waals surface area contributed by atoms with Gasteiger partial charge in [-0.25, -0.2) is 0 Å². The van der Waals surface area contributed by atoms with Crippen LogP contribution in [0.25, 0.3) is 42.1 Å².